The first-order valence-corrected chi connectivity index (χ1v) is 8.94. The minimum Gasteiger partial charge on any atom is -0.465 e. The van der Waals surface area contributed by atoms with Gasteiger partial charge in [-0.1, -0.05) is 17.8 Å². The third-order valence-electron chi connectivity index (χ3n) is 3.35. The lowest BCUT2D eigenvalue weighted by atomic mass is 10.1. The topological polar surface area (TPSA) is 66.3 Å². The van der Waals surface area contributed by atoms with E-state index in [-0.39, 0.29) is 6.54 Å². The molecule has 0 bridgehead atoms. The largest absolute Gasteiger partial charge is 0.465 e. The van der Waals surface area contributed by atoms with Crippen LogP contribution in [0.4, 0.5) is 9.18 Å². The second-order valence-corrected chi connectivity index (χ2v) is 7.59. The second-order valence-electron chi connectivity index (χ2n) is 5.16. The van der Waals surface area contributed by atoms with E-state index in [1.165, 1.54) is 41.2 Å². The van der Waals surface area contributed by atoms with Gasteiger partial charge in [-0.3, -0.25) is 0 Å². The molecule has 0 fully saturated rings. The Morgan fingerprint density at radius 3 is 2.72 bits per heavy atom. The highest BCUT2D eigenvalue weighted by Crippen LogP contribution is 2.42. The maximum Gasteiger partial charge on any atom is 0.407 e. The highest BCUT2D eigenvalue weighted by Gasteiger charge is 2.18. The number of halogens is 1. The summed E-state index contributed by atoms with van der Waals surface area (Å²) < 4.78 is 15.0. The molecule has 0 spiro atoms. The number of pyridine rings is 2. The molecule has 0 aliphatic rings. The van der Waals surface area contributed by atoms with Crippen LogP contribution in [0, 0.1) is 5.95 Å². The lowest BCUT2D eigenvalue weighted by Gasteiger charge is -2.10. The zero-order valence-electron chi connectivity index (χ0n) is 13.2. The van der Waals surface area contributed by atoms with Crippen molar-refractivity contribution in [2.75, 3.05) is 7.05 Å². The number of thiophene rings is 1. The van der Waals surface area contributed by atoms with Gasteiger partial charge >= 0.3 is 6.09 Å². The third kappa shape index (κ3) is 4.15. The fourth-order valence-corrected chi connectivity index (χ4v) is 4.58. The summed E-state index contributed by atoms with van der Waals surface area (Å²) in [6.45, 7) is 0.234. The van der Waals surface area contributed by atoms with E-state index in [0.29, 0.717) is 11.1 Å². The number of hydrogen-bond donors (Lipinski definition) is 1. The van der Waals surface area contributed by atoms with Crippen LogP contribution in [0.2, 0.25) is 0 Å². The van der Waals surface area contributed by atoms with E-state index in [4.69, 9.17) is 5.11 Å². The molecule has 3 heterocycles. The van der Waals surface area contributed by atoms with Gasteiger partial charge in [0.05, 0.1) is 10.8 Å². The number of hydrogen-bond acceptors (Lipinski definition) is 5. The average Bonchev–Trinajstić information content (AvgIpc) is 2.98. The van der Waals surface area contributed by atoms with Crippen LogP contribution in [0.5, 0.6) is 0 Å². The summed E-state index contributed by atoms with van der Waals surface area (Å²) in [5, 5.41) is 9.85. The quantitative estimate of drug-likeness (QED) is 0.660. The predicted molar refractivity (Wildman–Crippen MR) is 95.4 cm³/mol. The van der Waals surface area contributed by atoms with Gasteiger partial charge < -0.3 is 10.0 Å². The molecular formula is C17H14FN3O2S2. The minimum atomic E-state index is -1.01. The van der Waals surface area contributed by atoms with E-state index in [9.17, 15) is 9.18 Å². The lowest BCUT2D eigenvalue weighted by molar-refractivity contribution is 0.154. The van der Waals surface area contributed by atoms with Crippen molar-refractivity contribution < 1.29 is 14.3 Å². The maximum atomic E-state index is 14.2. The molecule has 0 saturated carbocycles. The highest BCUT2D eigenvalue weighted by molar-refractivity contribution is 8.01. The van der Waals surface area contributed by atoms with Crippen molar-refractivity contribution in [1.29, 1.82) is 0 Å². The zero-order valence-corrected chi connectivity index (χ0v) is 14.9. The minimum absolute atomic E-state index is 0.234. The molecule has 1 amide bonds. The van der Waals surface area contributed by atoms with Gasteiger partial charge in [0.2, 0.25) is 5.95 Å². The molecule has 5 nitrogen and oxygen atoms in total. The predicted octanol–water partition coefficient (Wildman–Crippen LogP) is 4.61. The summed E-state index contributed by atoms with van der Waals surface area (Å²) >= 11 is 2.85. The normalized spacial score (nSPS) is 10.6. The van der Waals surface area contributed by atoms with Crippen LogP contribution < -0.4 is 0 Å². The van der Waals surface area contributed by atoms with E-state index >= 15 is 0 Å². The van der Waals surface area contributed by atoms with Gasteiger partial charge in [0.25, 0.3) is 0 Å². The molecule has 0 atom stereocenters. The van der Waals surface area contributed by atoms with Crippen LogP contribution in [0.1, 0.15) is 4.88 Å². The van der Waals surface area contributed by atoms with Crippen molar-refractivity contribution in [2.24, 2.45) is 0 Å². The Morgan fingerprint density at radius 1 is 1.24 bits per heavy atom. The molecule has 3 aromatic heterocycles. The zero-order chi connectivity index (χ0) is 17.8. The van der Waals surface area contributed by atoms with Crippen molar-refractivity contribution in [3.05, 3.63) is 59.6 Å². The number of amides is 1. The number of nitrogens with zero attached hydrogens (tertiary/aromatic N) is 3. The van der Waals surface area contributed by atoms with Crippen LogP contribution in [0.15, 0.2) is 58.0 Å². The molecule has 0 unspecified atom stereocenters. The number of aromatic nitrogens is 2. The highest BCUT2D eigenvalue weighted by atomic mass is 32.2. The van der Waals surface area contributed by atoms with Gasteiger partial charge in [-0.2, -0.15) is 4.39 Å². The summed E-state index contributed by atoms with van der Waals surface area (Å²) in [4.78, 5) is 21.1. The monoisotopic (exact) mass is 375 g/mol. The van der Waals surface area contributed by atoms with E-state index in [0.717, 1.165) is 14.1 Å². The smallest absolute Gasteiger partial charge is 0.407 e. The maximum absolute atomic E-state index is 14.2. The van der Waals surface area contributed by atoms with Crippen LogP contribution in [-0.2, 0) is 6.54 Å². The molecule has 8 heteroatoms. The van der Waals surface area contributed by atoms with Crippen LogP contribution in [-0.4, -0.2) is 33.1 Å². The standard InChI is InChI=1S/C17H14FN3O2S2/c1-21(17(22)23)10-11-9-13(12-5-4-8-20-15(12)18)16(24-11)25-14-6-2-3-7-19-14/h2-9H,10H2,1H3,(H,22,23). The van der Waals surface area contributed by atoms with E-state index < -0.39 is 12.0 Å². The summed E-state index contributed by atoms with van der Waals surface area (Å²) in [5.74, 6) is -0.554. The Hall–Kier alpha value is -2.45. The first-order valence-electron chi connectivity index (χ1n) is 7.31. The Kier molecular flexibility index (Phi) is 5.30. The van der Waals surface area contributed by atoms with Gasteiger partial charge in [0.1, 0.15) is 5.03 Å². The number of rotatable bonds is 5. The van der Waals surface area contributed by atoms with Crippen molar-refractivity contribution >= 4 is 29.2 Å². The van der Waals surface area contributed by atoms with Gasteiger partial charge in [-0.15, -0.1) is 11.3 Å². The molecule has 0 aliphatic heterocycles. The van der Waals surface area contributed by atoms with Crippen molar-refractivity contribution in [3.8, 4) is 11.1 Å². The summed E-state index contributed by atoms with van der Waals surface area (Å²) in [7, 11) is 1.50. The number of carboxylic acid groups (broad SMARTS) is 1. The van der Waals surface area contributed by atoms with Gasteiger partial charge in [0.15, 0.2) is 0 Å². The summed E-state index contributed by atoms with van der Waals surface area (Å²) in [5.41, 5.74) is 1.08. The molecule has 25 heavy (non-hydrogen) atoms. The Morgan fingerprint density at radius 2 is 2.04 bits per heavy atom. The SMILES string of the molecule is CN(Cc1cc(-c2cccnc2F)c(Sc2ccccn2)s1)C(=O)O. The molecule has 3 aromatic rings. The van der Waals surface area contributed by atoms with Gasteiger partial charge in [0, 0.05) is 35.4 Å². The Balaban J connectivity index is 2.00. The first kappa shape index (κ1) is 17.4. The molecule has 128 valence electrons. The van der Waals surface area contributed by atoms with Crippen molar-refractivity contribution in [1.82, 2.24) is 14.9 Å². The molecule has 0 saturated heterocycles. The van der Waals surface area contributed by atoms with Crippen molar-refractivity contribution in [3.63, 3.8) is 0 Å². The van der Waals surface area contributed by atoms with E-state index in [1.54, 1.807) is 18.3 Å². The third-order valence-corrected chi connectivity index (χ3v) is 5.62. The summed E-state index contributed by atoms with van der Waals surface area (Å²) in [6.07, 6.45) is 2.08. The Bertz CT molecular complexity index is 887. The van der Waals surface area contributed by atoms with Crippen LogP contribution >= 0.6 is 23.1 Å². The first-order chi connectivity index (χ1) is 12.0. The van der Waals surface area contributed by atoms with E-state index in [2.05, 4.69) is 9.97 Å². The summed E-state index contributed by atoms with van der Waals surface area (Å²) in [6, 6.07) is 10.7. The van der Waals surface area contributed by atoms with E-state index in [1.807, 2.05) is 24.3 Å². The van der Waals surface area contributed by atoms with Gasteiger partial charge in [-0.05, 0) is 30.3 Å². The van der Waals surface area contributed by atoms with Crippen molar-refractivity contribution in [2.45, 2.75) is 15.8 Å². The molecule has 3 rings (SSSR count). The van der Waals surface area contributed by atoms with Crippen LogP contribution in [0.25, 0.3) is 11.1 Å². The van der Waals surface area contributed by atoms with Crippen LogP contribution in [0.3, 0.4) is 0 Å². The fourth-order valence-electron chi connectivity index (χ4n) is 2.16. The average molecular weight is 375 g/mol. The number of carbonyl (C=O) groups is 1. The molecule has 0 aliphatic carbocycles. The lowest BCUT2D eigenvalue weighted by Crippen LogP contribution is -2.23. The molecule has 0 radical (unpaired) electrons. The van der Waals surface area contributed by atoms with Gasteiger partial charge in [-0.25, -0.2) is 14.8 Å². The Labute approximate surface area is 152 Å². The molecular weight excluding hydrogens is 361 g/mol. The fraction of sp³-hybridized carbons (Fsp3) is 0.118. The molecule has 1 N–H and O–H groups in total. The second kappa shape index (κ2) is 7.62. The molecule has 0 aromatic carbocycles.